The minimum Gasteiger partial charge on any atom is -0.493 e. The van der Waals surface area contributed by atoms with E-state index in [9.17, 15) is 19.2 Å². The number of rotatable bonds is 7. The van der Waals surface area contributed by atoms with Gasteiger partial charge in [-0.25, -0.2) is 14.5 Å². The summed E-state index contributed by atoms with van der Waals surface area (Å²) in [4.78, 5) is 50.8. The van der Waals surface area contributed by atoms with Crippen molar-refractivity contribution in [1.29, 1.82) is 0 Å². The summed E-state index contributed by atoms with van der Waals surface area (Å²) in [6, 6.07) is 15.6. The molecule has 0 saturated carbocycles. The molecule has 10 heteroatoms. The minimum atomic E-state index is -0.918. The van der Waals surface area contributed by atoms with Gasteiger partial charge in [-0.1, -0.05) is 41.4 Å². The normalized spacial score (nSPS) is 14.4. The van der Waals surface area contributed by atoms with Crippen LogP contribution in [-0.2, 0) is 20.9 Å². The molecule has 0 aromatic heterocycles. The zero-order chi connectivity index (χ0) is 27.4. The predicted molar refractivity (Wildman–Crippen MR) is 140 cm³/mol. The van der Waals surface area contributed by atoms with E-state index >= 15 is 0 Å². The summed E-state index contributed by atoms with van der Waals surface area (Å²) >= 11 is 6.48. The van der Waals surface area contributed by atoms with Gasteiger partial charge in [0.25, 0.3) is 11.8 Å². The first kappa shape index (κ1) is 26.4. The lowest BCUT2D eigenvalue weighted by Crippen LogP contribution is -2.54. The summed E-state index contributed by atoms with van der Waals surface area (Å²) in [6.07, 6.45) is 1.30. The zero-order valence-corrected chi connectivity index (χ0v) is 21.5. The van der Waals surface area contributed by atoms with Crippen LogP contribution in [0.3, 0.4) is 0 Å². The van der Waals surface area contributed by atoms with Crippen molar-refractivity contribution in [2.24, 2.45) is 0 Å². The third-order valence-corrected chi connectivity index (χ3v) is 5.96. The number of methoxy groups -OCH3 is 2. The number of amides is 4. The number of halogens is 1. The van der Waals surface area contributed by atoms with Crippen LogP contribution in [0.1, 0.15) is 27.0 Å². The molecule has 4 rings (SSSR count). The minimum absolute atomic E-state index is 0.161. The van der Waals surface area contributed by atoms with Crippen molar-refractivity contribution in [3.63, 3.8) is 0 Å². The van der Waals surface area contributed by atoms with Crippen molar-refractivity contribution in [3.8, 4) is 11.5 Å². The van der Waals surface area contributed by atoms with Crippen LogP contribution >= 0.6 is 11.6 Å². The predicted octanol–water partition coefficient (Wildman–Crippen LogP) is 4.69. The van der Waals surface area contributed by atoms with Gasteiger partial charge < -0.3 is 14.2 Å². The Morgan fingerprint density at radius 3 is 2.42 bits per heavy atom. The van der Waals surface area contributed by atoms with Gasteiger partial charge in [-0.2, -0.15) is 0 Å². The van der Waals surface area contributed by atoms with Gasteiger partial charge >= 0.3 is 12.0 Å². The van der Waals surface area contributed by atoms with E-state index in [1.54, 1.807) is 6.07 Å². The maximum atomic E-state index is 13.2. The zero-order valence-electron chi connectivity index (χ0n) is 20.7. The van der Waals surface area contributed by atoms with Crippen LogP contribution in [0.25, 0.3) is 6.08 Å². The molecule has 0 spiro atoms. The van der Waals surface area contributed by atoms with Gasteiger partial charge in [0.05, 0.1) is 30.5 Å². The molecule has 4 amide bonds. The fourth-order valence-corrected chi connectivity index (χ4v) is 4.12. The van der Waals surface area contributed by atoms with Crippen LogP contribution in [0, 0.1) is 6.92 Å². The van der Waals surface area contributed by atoms with Gasteiger partial charge in [-0.15, -0.1) is 0 Å². The van der Waals surface area contributed by atoms with Gasteiger partial charge in [-0.05, 0) is 60.5 Å². The molecule has 1 fully saturated rings. The Morgan fingerprint density at radius 2 is 1.76 bits per heavy atom. The Labute approximate surface area is 223 Å². The summed E-state index contributed by atoms with van der Waals surface area (Å²) in [5, 5.41) is 2.36. The molecule has 9 nitrogen and oxygen atoms in total. The number of urea groups is 1. The molecule has 0 aliphatic carbocycles. The van der Waals surface area contributed by atoms with Gasteiger partial charge in [0, 0.05) is 0 Å². The average Bonchev–Trinajstić information content (AvgIpc) is 2.90. The van der Waals surface area contributed by atoms with Crippen molar-refractivity contribution < 1.29 is 33.4 Å². The topological polar surface area (TPSA) is 111 Å². The molecule has 1 saturated heterocycles. The third kappa shape index (κ3) is 5.52. The molecule has 1 N–H and O–H groups in total. The molecular formula is C28H23ClN2O7. The van der Waals surface area contributed by atoms with E-state index in [1.165, 1.54) is 50.6 Å². The monoisotopic (exact) mass is 534 g/mol. The number of esters is 1. The first-order chi connectivity index (χ1) is 18.2. The maximum Gasteiger partial charge on any atom is 0.337 e. The summed E-state index contributed by atoms with van der Waals surface area (Å²) < 4.78 is 16.0. The largest absolute Gasteiger partial charge is 0.493 e. The Morgan fingerprint density at radius 1 is 1.03 bits per heavy atom. The molecule has 0 bridgehead atoms. The van der Waals surface area contributed by atoms with Crippen LogP contribution in [0.2, 0.25) is 5.02 Å². The Bertz CT molecular complexity index is 1460. The second-order valence-corrected chi connectivity index (χ2v) is 8.72. The van der Waals surface area contributed by atoms with Crippen molar-refractivity contribution in [1.82, 2.24) is 5.32 Å². The highest BCUT2D eigenvalue weighted by Crippen LogP contribution is 2.38. The number of benzene rings is 3. The third-order valence-electron chi connectivity index (χ3n) is 5.68. The number of carbonyl (C=O) groups excluding carboxylic acids is 4. The highest BCUT2D eigenvalue weighted by atomic mass is 35.5. The molecular weight excluding hydrogens is 512 g/mol. The van der Waals surface area contributed by atoms with Gasteiger partial charge in [0.2, 0.25) is 0 Å². The van der Waals surface area contributed by atoms with Crippen LogP contribution in [0.5, 0.6) is 11.5 Å². The molecule has 0 radical (unpaired) electrons. The van der Waals surface area contributed by atoms with E-state index in [4.69, 9.17) is 21.1 Å². The second kappa shape index (κ2) is 11.2. The molecule has 194 valence electrons. The van der Waals surface area contributed by atoms with Crippen molar-refractivity contribution >= 4 is 47.2 Å². The van der Waals surface area contributed by atoms with E-state index in [1.807, 2.05) is 31.2 Å². The molecule has 3 aromatic rings. The quantitative estimate of drug-likeness (QED) is 0.266. The van der Waals surface area contributed by atoms with Gasteiger partial charge in [-0.3, -0.25) is 14.9 Å². The number of nitrogens with one attached hydrogen (secondary N) is 1. The first-order valence-corrected chi connectivity index (χ1v) is 11.8. The fraction of sp³-hybridized carbons (Fsp3) is 0.143. The number of aryl methyl sites for hydroxylation is 1. The number of ether oxygens (including phenoxy) is 3. The number of barbiturate groups is 1. The second-order valence-electron chi connectivity index (χ2n) is 8.31. The SMILES string of the molecule is COC(=O)c1ccc(N2C(=O)NC(=O)/C(=C\c3cc(Cl)c(OCc4cccc(C)c4)c(OC)c3)C2=O)cc1. The fourth-order valence-electron chi connectivity index (χ4n) is 3.84. The van der Waals surface area contributed by atoms with Gasteiger partial charge in [0.15, 0.2) is 11.5 Å². The lowest BCUT2D eigenvalue weighted by atomic mass is 10.1. The number of hydrogen-bond donors (Lipinski definition) is 1. The van der Waals surface area contributed by atoms with E-state index in [0.717, 1.165) is 16.0 Å². The van der Waals surface area contributed by atoms with Crippen LogP contribution in [0.15, 0.2) is 66.2 Å². The van der Waals surface area contributed by atoms with Crippen molar-refractivity contribution in [2.45, 2.75) is 13.5 Å². The highest BCUT2D eigenvalue weighted by Gasteiger charge is 2.37. The van der Waals surface area contributed by atoms with E-state index in [2.05, 4.69) is 10.1 Å². The lowest BCUT2D eigenvalue weighted by Gasteiger charge is -2.26. The Balaban J connectivity index is 1.62. The van der Waals surface area contributed by atoms with Crippen LogP contribution in [-0.4, -0.2) is 38.0 Å². The van der Waals surface area contributed by atoms with Crippen LogP contribution < -0.4 is 19.7 Å². The number of imide groups is 2. The molecule has 1 heterocycles. The number of carbonyl (C=O) groups is 4. The summed E-state index contributed by atoms with van der Waals surface area (Å²) in [7, 11) is 2.68. The van der Waals surface area contributed by atoms with E-state index < -0.39 is 23.8 Å². The van der Waals surface area contributed by atoms with Crippen molar-refractivity contribution in [2.75, 3.05) is 19.1 Å². The maximum absolute atomic E-state index is 13.2. The summed E-state index contributed by atoms with van der Waals surface area (Å²) in [6.45, 7) is 2.24. The number of anilines is 1. The van der Waals surface area contributed by atoms with E-state index in [-0.39, 0.29) is 28.5 Å². The summed E-state index contributed by atoms with van der Waals surface area (Å²) in [5.41, 5.74) is 2.52. The Kier molecular flexibility index (Phi) is 7.78. The molecule has 0 unspecified atom stereocenters. The number of nitrogens with zero attached hydrogens (tertiary/aromatic N) is 1. The van der Waals surface area contributed by atoms with Crippen molar-refractivity contribution in [3.05, 3.63) is 93.5 Å². The van der Waals surface area contributed by atoms with Crippen LogP contribution in [0.4, 0.5) is 10.5 Å². The average molecular weight is 535 g/mol. The molecule has 0 atom stereocenters. The molecule has 3 aromatic carbocycles. The summed E-state index contributed by atoms with van der Waals surface area (Å²) in [5.74, 6) is -1.68. The van der Waals surface area contributed by atoms with E-state index in [0.29, 0.717) is 17.1 Å². The first-order valence-electron chi connectivity index (χ1n) is 11.4. The molecule has 1 aliphatic rings. The highest BCUT2D eigenvalue weighted by molar-refractivity contribution is 6.39. The lowest BCUT2D eigenvalue weighted by molar-refractivity contribution is -0.122. The van der Waals surface area contributed by atoms with Gasteiger partial charge in [0.1, 0.15) is 12.2 Å². The molecule has 38 heavy (non-hydrogen) atoms. The number of hydrogen-bond acceptors (Lipinski definition) is 7. The standard InChI is InChI=1S/C28H23ClN2O7/c1-16-5-4-6-17(11-16)15-38-24-22(29)13-18(14-23(24)36-2)12-21-25(32)30-28(35)31(26(21)33)20-9-7-19(8-10-20)27(34)37-3/h4-14H,15H2,1-3H3,(H,30,32,35)/b21-12+. The Hall–Kier alpha value is -4.63. The molecule has 1 aliphatic heterocycles. The smallest absolute Gasteiger partial charge is 0.337 e.